The maximum Gasteiger partial charge on any atom is 0.348 e. The molecule has 1 aliphatic heterocycles. The summed E-state index contributed by atoms with van der Waals surface area (Å²) in [5.41, 5.74) is 6.74. The third-order valence-electron chi connectivity index (χ3n) is 2.12. The first kappa shape index (κ1) is 9.14. The van der Waals surface area contributed by atoms with Crippen molar-refractivity contribution in [3.8, 4) is 5.06 Å². The van der Waals surface area contributed by atoms with Crippen LogP contribution in [0, 0.1) is 0 Å². The molecule has 1 aromatic heterocycles. The Morgan fingerprint density at radius 3 is 3.00 bits per heavy atom. The third-order valence-corrected chi connectivity index (χ3v) is 3.22. The van der Waals surface area contributed by atoms with Gasteiger partial charge in [-0.25, -0.2) is 4.79 Å². The van der Waals surface area contributed by atoms with E-state index in [4.69, 9.17) is 15.6 Å². The Balaban J connectivity index is 2.55. The first-order valence-electron chi connectivity index (χ1n) is 4.10. The van der Waals surface area contributed by atoms with Gasteiger partial charge in [-0.05, 0) is 0 Å². The number of carbonyl (C=O) groups is 1. The second-order valence-electron chi connectivity index (χ2n) is 3.06. The Morgan fingerprint density at radius 1 is 1.71 bits per heavy atom. The Kier molecular flexibility index (Phi) is 1.99. The standard InChI is InChI=1S/C8H10N2O3S/c1-10-2-3-13-8-5(10)4(9)6(14-8)7(11)12/h2-3,9H2,1H3,(H,11,12). The normalized spacial score (nSPS) is 14.8. The maximum atomic E-state index is 10.8. The van der Waals surface area contributed by atoms with Gasteiger partial charge < -0.3 is 20.5 Å². The SMILES string of the molecule is CN1CCOc2sc(C(=O)O)c(N)c21. The number of anilines is 2. The summed E-state index contributed by atoms with van der Waals surface area (Å²) in [5, 5.41) is 9.46. The number of nitrogens with zero attached hydrogens (tertiary/aromatic N) is 1. The molecular formula is C8H10N2O3S. The molecule has 0 aliphatic carbocycles. The van der Waals surface area contributed by atoms with E-state index < -0.39 is 5.97 Å². The van der Waals surface area contributed by atoms with Crippen molar-refractivity contribution < 1.29 is 14.6 Å². The van der Waals surface area contributed by atoms with Gasteiger partial charge in [-0.15, -0.1) is 0 Å². The Bertz CT molecular complexity index is 388. The lowest BCUT2D eigenvalue weighted by molar-refractivity contribution is 0.0703. The van der Waals surface area contributed by atoms with Crippen molar-refractivity contribution in [3.63, 3.8) is 0 Å². The number of hydrogen-bond acceptors (Lipinski definition) is 5. The minimum atomic E-state index is -1.00. The molecule has 2 rings (SSSR count). The fourth-order valence-corrected chi connectivity index (χ4v) is 2.40. The summed E-state index contributed by atoms with van der Waals surface area (Å²) < 4.78 is 5.34. The summed E-state index contributed by atoms with van der Waals surface area (Å²) in [6, 6.07) is 0. The van der Waals surface area contributed by atoms with Crippen LogP contribution in [0.3, 0.4) is 0 Å². The monoisotopic (exact) mass is 214 g/mol. The molecule has 0 aromatic carbocycles. The van der Waals surface area contributed by atoms with Crippen LogP contribution in [-0.2, 0) is 0 Å². The first-order chi connectivity index (χ1) is 6.61. The third kappa shape index (κ3) is 1.19. The molecule has 2 heterocycles. The Hall–Kier alpha value is -1.43. The van der Waals surface area contributed by atoms with Gasteiger partial charge in [-0.3, -0.25) is 0 Å². The van der Waals surface area contributed by atoms with Gasteiger partial charge >= 0.3 is 5.97 Å². The van der Waals surface area contributed by atoms with E-state index in [1.54, 1.807) is 0 Å². The summed E-state index contributed by atoms with van der Waals surface area (Å²) in [5.74, 6) is -1.00. The fraction of sp³-hybridized carbons (Fsp3) is 0.375. The van der Waals surface area contributed by atoms with Crippen LogP contribution in [0.2, 0.25) is 0 Å². The molecule has 1 aliphatic rings. The molecular weight excluding hydrogens is 204 g/mol. The zero-order chi connectivity index (χ0) is 10.3. The van der Waals surface area contributed by atoms with Gasteiger partial charge in [0.05, 0.1) is 12.2 Å². The van der Waals surface area contributed by atoms with Gasteiger partial charge in [0.25, 0.3) is 0 Å². The lowest BCUT2D eigenvalue weighted by Crippen LogP contribution is -2.28. The van der Waals surface area contributed by atoms with Crippen LogP contribution in [0.1, 0.15) is 9.67 Å². The van der Waals surface area contributed by atoms with E-state index in [2.05, 4.69) is 0 Å². The molecule has 0 fully saturated rings. The summed E-state index contributed by atoms with van der Waals surface area (Å²) in [6.07, 6.45) is 0. The van der Waals surface area contributed by atoms with Gasteiger partial charge in [-0.2, -0.15) is 0 Å². The average Bonchev–Trinajstić information content (AvgIpc) is 2.45. The van der Waals surface area contributed by atoms with Gasteiger partial charge in [0, 0.05) is 7.05 Å². The van der Waals surface area contributed by atoms with Crippen molar-refractivity contribution in [3.05, 3.63) is 4.88 Å². The van der Waals surface area contributed by atoms with E-state index in [-0.39, 0.29) is 4.88 Å². The molecule has 0 spiro atoms. The number of carboxylic acid groups (broad SMARTS) is 1. The summed E-state index contributed by atoms with van der Waals surface area (Å²) >= 11 is 1.09. The van der Waals surface area contributed by atoms with Gasteiger partial charge in [0.2, 0.25) is 5.06 Å². The van der Waals surface area contributed by atoms with Crippen molar-refractivity contribution >= 4 is 28.7 Å². The van der Waals surface area contributed by atoms with Crippen LogP contribution in [0.25, 0.3) is 0 Å². The molecule has 1 aromatic rings. The van der Waals surface area contributed by atoms with Crippen LogP contribution < -0.4 is 15.4 Å². The van der Waals surface area contributed by atoms with Gasteiger partial charge in [0.15, 0.2) is 0 Å². The fourth-order valence-electron chi connectivity index (χ4n) is 1.42. The van der Waals surface area contributed by atoms with Crippen molar-refractivity contribution in [2.24, 2.45) is 0 Å². The molecule has 6 heteroatoms. The minimum absolute atomic E-state index is 0.156. The molecule has 0 saturated heterocycles. The van der Waals surface area contributed by atoms with E-state index in [9.17, 15) is 4.79 Å². The molecule has 14 heavy (non-hydrogen) atoms. The van der Waals surface area contributed by atoms with Crippen LogP contribution in [0.15, 0.2) is 0 Å². The highest BCUT2D eigenvalue weighted by atomic mass is 32.1. The molecule has 0 unspecified atom stereocenters. The summed E-state index contributed by atoms with van der Waals surface area (Å²) in [6.45, 7) is 1.30. The Morgan fingerprint density at radius 2 is 2.43 bits per heavy atom. The van der Waals surface area contributed by atoms with Crippen LogP contribution >= 0.6 is 11.3 Å². The molecule has 76 valence electrons. The van der Waals surface area contributed by atoms with E-state index in [0.29, 0.717) is 23.0 Å². The lowest BCUT2D eigenvalue weighted by atomic mass is 10.3. The summed E-state index contributed by atoms with van der Waals surface area (Å²) in [7, 11) is 1.87. The van der Waals surface area contributed by atoms with Crippen LogP contribution in [0.4, 0.5) is 11.4 Å². The number of ether oxygens (including phenoxy) is 1. The van der Waals surface area contributed by atoms with Gasteiger partial charge in [-0.1, -0.05) is 11.3 Å². The second kappa shape index (κ2) is 3.06. The lowest BCUT2D eigenvalue weighted by Gasteiger charge is -2.25. The highest BCUT2D eigenvalue weighted by molar-refractivity contribution is 7.17. The molecule has 3 N–H and O–H groups in total. The number of hydrogen-bond donors (Lipinski definition) is 2. The summed E-state index contributed by atoms with van der Waals surface area (Å²) in [4.78, 5) is 12.9. The van der Waals surface area contributed by atoms with Crippen LogP contribution in [-0.4, -0.2) is 31.3 Å². The second-order valence-corrected chi connectivity index (χ2v) is 4.04. The highest BCUT2D eigenvalue weighted by Gasteiger charge is 2.26. The van der Waals surface area contributed by atoms with Gasteiger partial charge in [0.1, 0.15) is 17.2 Å². The van der Waals surface area contributed by atoms with Crippen molar-refractivity contribution in [1.29, 1.82) is 0 Å². The number of thiophene rings is 1. The number of likely N-dealkylation sites (N-methyl/N-ethyl adjacent to an activating group) is 1. The number of rotatable bonds is 1. The molecule has 0 amide bonds. The van der Waals surface area contributed by atoms with E-state index in [0.717, 1.165) is 17.9 Å². The van der Waals surface area contributed by atoms with E-state index in [1.807, 2.05) is 11.9 Å². The number of nitrogens with two attached hydrogens (primary N) is 1. The van der Waals surface area contributed by atoms with Crippen molar-refractivity contribution in [1.82, 2.24) is 0 Å². The predicted octanol–water partition coefficient (Wildman–Crippen LogP) is 0.857. The number of nitrogen functional groups attached to an aromatic ring is 1. The minimum Gasteiger partial charge on any atom is -0.480 e. The van der Waals surface area contributed by atoms with Crippen LogP contribution in [0.5, 0.6) is 5.06 Å². The molecule has 0 atom stereocenters. The van der Waals surface area contributed by atoms with E-state index in [1.165, 1.54) is 0 Å². The molecule has 5 nitrogen and oxygen atoms in total. The average molecular weight is 214 g/mol. The Labute approximate surface area is 84.7 Å². The van der Waals surface area contributed by atoms with Crippen molar-refractivity contribution in [2.75, 3.05) is 30.8 Å². The topological polar surface area (TPSA) is 75.8 Å². The molecule has 0 saturated carbocycles. The van der Waals surface area contributed by atoms with Crippen molar-refractivity contribution in [2.45, 2.75) is 0 Å². The first-order valence-corrected chi connectivity index (χ1v) is 4.92. The smallest absolute Gasteiger partial charge is 0.348 e. The number of carboxylic acids is 1. The zero-order valence-electron chi connectivity index (χ0n) is 7.61. The largest absolute Gasteiger partial charge is 0.480 e. The quantitative estimate of drug-likeness (QED) is 0.725. The molecule has 0 radical (unpaired) electrons. The predicted molar refractivity (Wildman–Crippen MR) is 54.5 cm³/mol. The highest BCUT2D eigenvalue weighted by Crippen LogP contribution is 2.45. The molecule has 0 bridgehead atoms. The van der Waals surface area contributed by atoms with E-state index >= 15 is 0 Å². The zero-order valence-corrected chi connectivity index (χ0v) is 8.43. The maximum absolute atomic E-state index is 10.8. The number of aromatic carboxylic acids is 1. The number of fused-ring (bicyclic) bond motifs is 1.